The van der Waals surface area contributed by atoms with Gasteiger partial charge < -0.3 is 10.1 Å². The van der Waals surface area contributed by atoms with Gasteiger partial charge in [0.2, 0.25) is 0 Å². The minimum atomic E-state index is -4.08. The van der Waals surface area contributed by atoms with Gasteiger partial charge in [-0.2, -0.15) is 0 Å². The Bertz CT molecular complexity index is 905. The number of amides is 2. The fourth-order valence-electron chi connectivity index (χ4n) is 2.20. The van der Waals surface area contributed by atoms with Crippen LogP contribution in [-0.4, -0.2) is 33.4 Å². The van der Waals surface area contributed by atoms with E-state index in [1.54, 1.807) is 18.2 Å². The second-order valence-electron chi connectivity index (χ2n) is 5.79. The van der Waals surface area contributed by atoms with E-state index in [0.717, 1.165) is 0 Å². The number of hydrogen-bond acceptors (Lipinski definition) is 5. The monoisotopic (exact) mass is 376 g/mol. The fourth-order valence-corrected chi connectivity index (χ4v) is 3.17. The lowest BCUT2D eigenvalue weighted by Gasteiger charge is -2.11. The Morgan fingerprint density at radius 3 is 2.15 bits per heavy atom. The summed E-state index contributed by atoms with van der Waals surface area (Å²) < 4.78 is 31.9. The molecular weight excluding hydrogens is 356 g/mol. The summed E-state index contributed by atoms with van der Waals surface area (Å²) in [7, 11) is -2.69. The third-order valence-electron chi connectivity index (χ3n) is 3.43. The van der Waals surface area contributed by atoms with E-state index >= 15 is 0 Å². The Labute approximate surface area is 152 Å². The average molecular weight is 376 g/mol. The van der Waals surface area contributed by atoms with Crippen LogP contribution in [0.15, 0.2) is 53.4 Å². The lowest BCUT2D eigenvalue weighted by Crippen LogP contribution is -2.31. The van der Waals surface area contributed by atoms with Gasteiger partial charge in [0.1, 0.15) is 5.75 Å². The largest absolute Gasteiger partial charge is 0.496 e. The van der Waals surface area contributed by atoms with Crippen molar-refractivity contribution in [2.75, 3.05) is 7.11 Å². The zero-order chi connectivity index (χ0) is 19.3. The van der Waals surface area contributed by atoms with Gasteiger partial charge in [0, 0.05) is 11.6 Å². The molecule has 0 saturated carbocycles. The molecule has 2 amide bonds. The van der Waals surface area contributed by atoms with Gasteiger partial charge in [-0.1, -0.05) is 12.1 Å². The molecule has 0 heterocycles. The molecule has 2 N–H and O–H groups in total. The summed E-state index contributed by atoms with van der Waals surface area (Å²) in [6, 6.07) is 11.6. The number of methoxy groups -OCH3 is 1. The van der Waals surface area contributed by atoms with Crippen LogP contribution in [0.5, 0.6) is 5.75 Å². The molecule has 2 aromatic rings. The molecule has 0 radical (unpaired) electrons. The predicted octanol–water partition coefficient (Wildman–Crippen LogP) is 1.95. The van der Waals surface area contributed by atoms with Gasteiger partial charge in [0.25, 0.3) is 21.8 Å². The molecule has 0 spiro atoms. The molecule has 0 bridgehead atoms. The predicted molar refractivity (Wildman–Crippen MR) is 96.7 cm³/mol. The van der Waals surface area contributed by atoms with E-state index in [4.69, 9.17) is 4.74 Å². The van der Waals surface area contributed by atoms with Crippen LogP contribution >= 0.6 is 0 Å². The van der Waals surface area contributed by atoms with Crippen LogP contribution in [-0.2, 0) is 10.0 Å². The topological polar surface area (TPSA) is 102 Å². The number of nitrogens with one attached hydrogen (secondary N) is 2. The highest BCUT2D eigenvalue weighted by atomic mass is 32.2. The van der Waals surface area contributed by atoms with E-state index in [2.05, 4.69) is 5.32 Å². The second-order valence-corrected chi connectivity index (χ2v) is 7.47. The summed E-state index contributed by atoms with van der Waals surface area (Å²) >= 11 is 0. The first-order valence-corrected chi connectivity index (χ1v) is 9.34. The Morgan fingerprint density at radius 2 is 1.58 bits per heavy atom. The van der Waals surface area contributed by atoms with Gasteiger partial charge in [0.05, 0.1) is 17.6 Å². The molecular formula is C18H20N2O5S. The maximum absolute atomic E-state index is 12.4. The number of carbonyl (C=O) groups is 2. The van der Waals surface area contributed by atoms with Crippen LogP contribution in [0.4, 0.5) is 0 Å². The van der Waals surface area contributed by atoms with Crippen molar-refractivity contribution in [3.63, 3.8) is 0 Å². The summed E-state index contributed by atoms with van der Waals surface area (Å²) in [5.41, 5.74) is 0.431. The van der Waals surface area contributed by atoms with Crippen LogP contribution in [0.2, 0.25) is 0 Å². The molecule has 8 heteroatoms. The fraction of sp³-hybridized carbons (Fsp3) is 0.222. The minimum absolute atomic E-state index is 0.0361. The number of ether oxygens (including phenoxy) is 1. The van der Waals surface area contributed by atoms with Crippen LogP contribution in [0.3, 0.4) is 0 Å². The molecule has 0 fully saturated rings. The molecule has 0 aliphatic heterocycles. The van der Waals surface area contributed by atoms with Crippen molar-refractivity contribution in [2.24, 2.45) is 0 Å². The maximum atomic E-state index is 12.4. The van der Waals surface area contributed by atoms with E-state index in [1.807, 2.05) is 18.6 Å². The van der Waals surface area contributed by atoms with E-state index in [-0.39, 0.29) is 28.2 Å². The van der Waals surface area contributed by atoms with E-state index in [1.165, 1.54) is 37.4 Å². The Balaban J connectivity index is 2.19. The van der Waals surface area contributed by atoms with Crippen molar-refractivity contribution < 1.29 is 22.7 Å². The van der Waals surface area contributed by atoms with Crippen molar-refractivity contribution in [1.82, 2.24) is 10.0 Å². The van der Waals surface area contributed by atoms with Gasteiger partial charge in [-0.05, 0) is 50.2 Å². The SMILES string of the molecule is COc1ccccc1C(=O)NS(=O)(=O)c1ccc(C(=O)NC(C)C)cc1. The van der Waals surface area contributed by atoms with Crippen molar-refractivity contribution in [2.45, 2.75) is 24.8 Å². The average Bonchev–Trinajstić information content (AvgIpc) is 2.60. The molecule has 0 unspecified atom stereocenters. The first kappa shape index (κ1) is 19.5. The summed E-state index contributed by atoms with van der Waals surface area (Å²) in [6.07, 6.45) is 0. The third-order valence-corrected chi connectivity index (χ3v) is 4.77. The lowest BCUT2D eigenvalue weighted by molar-refractivity contribution is 0.0940. The third kappa shape index (κ3) is 4.60. The van der Waals surface area contributed by atoms with E-state index in [9.17, 15) is 18.0 Å². The normalized spacial score (nSPS) is 11.1. The molecule has 7 nitrogen and oxygen atoms in total. The first-order chi connectivity index (χ1) is 12.2. The van der Waals surface area contributed by atoms with Crippen LogP contribution in [0, 0.1) is 0 Å². The van der Waals surface area contributed by atoms with Gasteiger partial charge in [0.15, 0.2) is 0 Å². The lowest BCUT2D eigenvalue weighted by atomic mass is 10.2. The minimum Gasteiger partial charge on any atom is -0.496 e. The molecule has 26 heavy (non-hydrogen) atoms. The summed E-state index contributed by atoms with van der Waals surface area (Å²) in [5, 5.41) is 2.71. The Hall–Kier alpha value is -2.87. The van der Waals surface area contributed by atoms with Crippen molar-refractivity contribution in [1.29, 1.82) is 0 Å². The van der Waals surface area contributed by atoms with Gasteiger partial charge in [-0.15, -0.1) is 0 Å². The Morgan fingerprint density at radius 1 is 0.962 bits per heavy atom. The van der Waals surface area contributed by atoms with Crippen molar-refractivity contribution >= 4 is 21.8 Å². The van der Waals surface area contributed by atoms with Crippen LogP contribution in [0.1, 0.15) is 34.6 Å². The zero-order valence-electron chi connectivity index (χ0n) is 14.6. The number of rotatable bonds is 6. The molecule has 0 aliphatic rings. The van der Waals surface area contributed by atoms with Gasteiger partial charge >= 0.3 is 0 Å². The maximum Gasteiger partial charge on any atom is 0.268 e. The molecule has 0 saturated heterocycles. The summed E-state index contributed by atoms with van der Waals surface area (Å²) in [4.78, 5) is 24.1. The highest BCUT2D eigenvalue weighted by Crippen LogP contribution is 2.18. The zero-order valence-corrected chi connectivity index (χ0v) is 15.5. The molecule has 2 rings (SSSR count). The number of para-hydroxylation sites is 1. The smallest absolute Gasteiger partial charge is 0.268 e. The molecule has 0 aliphatic carbocycles. The highest BCUT2D eigenvalue weighted by molar-refractivity contribution is 7.90. The highest BCUT2D eigenvalue weighted by Gasteiger charge is 2.21. The van der Waals surface area contributed by atoms with E-state index < -0.39 is 15.9 Å². The van der Waals surface area contributed by atoms with Crippen molar-refractivity contribution in [3.05, 3.63) is 59.7 Å². The second kappa shape index (κ2) is 8.01. The first-order valence-electron chi connectivity index (χ1n) is 7.85. The van der Waals surface area contributed by atoms with Gasteiger partial charge in [-0.3, -0.25) is 9.59 Å². The molecule has 2 aromatic carbocycles. The number of hydrogen-bond donors (Lipinski definition) is 2. The summed E-state index contributed by atoms with van der Waals surface area (Å²) in [5.74, 6) is -0.841. The number of carbonyl (C=O) groups excluding carboxylic acids is 2. The molecule has 0 aromatic heterocycles. The number of benzene rings is 2. The quantitative estimate of drug-likeness (QED) is 0.802. The number of sulfonamides is 1. The molecule has 138 valence electrons. The Kier molecular flexibility index (Phi) is 5.99. The van der Waals surface area contributed by atoms with Gasteiger partial charge in [-0.25, -0.2) is 13.1 Å². The molecule has 0 atom stereocenters. The standard InChI is InChI=1S/C18H20N2O5S/c1-12(2)19-17(21)13-8-10-14(11-9-13)26(23,24)20-18(22)15-6-4-5-7-16(15)25-3/h4-12H,1-3H3,(H,19,21)(H,20,22). The van der Waals surface area contributed by atoms with Crippen molar-refractivity contribution in [3.8, 4) is 5.75 Å². The van der Waals surface area contributed by atoms with Crippen LogP contribution in [0.25, 0.3) is 0 Å². The van der Waals surface area contributed by atoms with Crippen LogP contribution < -0.4 is 14.8 Å². The van der Waals surface area contributed by atoms with E-state index in [0.29, 0.717) is 5.56 Å². The summed E-state index contributed by atoms with van der Waals surface area (Å²) in [6.45, 7) is 3.65.